The summed E-state index contributed by atoms with van der Waals surface area (Å²) in [5.74, 6) is 1.38. The standard InChI is InChI=1S/C24H21ClO3/c1-17-5-3-6-19(13-17)23(26)11-9-18-10-12-24(27-2)20(14-18)16-28-22-8-4-7-21(25)15-22/h3-15H,16H2,1-2H3/b11-9+. The van der Waals surface area contributed by atoms with Crippen LogP contribution < -0.4 is 9.47 Å². The average Bonchev–Trinajstić information content (AvgIpc) is 2.70. The highest BCUT2D eigenvalue weighted by Crippen LogP contribution is 2.24. The molecule has 0 spiro atoms. The predicted octanol–water partition coefficient (Wildman–Crippen LogP) is 6.13. The Bertz CT molecular complexity index is 1010. The fourth-order valence-corrected chi connectivity index (χ4v) is 2.98. The van der Waals surface area contributed by atoms with Crippen molar-refractivity contribution in [2.45, 2.75) is 13.5 Å². The van der Waals surface area contributed by atoms with E-state index in [-0.39, 0.29) is 5.78 Å². The molecular weight excluding hydrogens is 372 g/mol. The molecule has 0 N–H and O–H groups in total. The second-order valence-corrected chi connectivity index (χ2v) is 6.82. The van der Waals surface area contributed by atoms with Gasteiger partial charge in [-0.05, 0) is 55.0 Å². The highest BCUT2D eigenvalue weighted by atomic mass is 35.5. The van der Waals surface area contributed by atoms with Crippen molar-refractivity contribution >= 4 is 23.5 Å². The largest absolute Gasteiger partial charge is 0.496 e. The van der Waals surface area contributed by atoms with Crippen molar-refractivity contribution in [3.8, 4) is 11.5 Å². The minimum atomic E-state index is -0.0313. The Morgan fingerprint density at radius 3 is 2.61 bits per heavy atom. The van der Waals surface area contributed by atoms with Crippen LogP contribution in [-0.4, -0.2) is 12.9 Å². The number of rotatable bonds is 7. The predicted molar refractivity (Wildman–Crippen MR) is 113 cm³/mol. The van der Waals surface area contributed by atoms with Crippen molar-refractivity contribution in [1.29, 1.82) is 0 Å². The summed E-state index contributed by atoms with van der Waals surface area (Å²) < 4.78 is 11.2. The molecule has 0 radical (unpaired) electrons. The molecule has 0 unspecified atom stereocenters. The summed E-state index contributed by atoms with van der Waals surface area (Å²) in [7, 11) is 1.62. The third-order valence-electron chi connectivity index (χ3n) is 4.22. The third kappa shape index (κ3) is 5.24. The maximum absolute atomic E-state index is 12.4. The fourth-order valence-electron chi connectivity index (χ4n) is 2.80. The molecule has 0 fully saturated rings. The summed E-state index contributed by atoms with van der Waals surface area (Å²) in [5, 5.41) is 0.621. The van der Waals surface area contributed by atoms with Gasteiger partial charge in [0.25, 0.3) is 0 Å². The maximum Gasteiger partial charge on any atom is 0.185 e. The number of ketones is 1. The Hall–Kier alpha value is -3.04. The molecule has 28 heavy (non-hydrogen) atoms. The lowest BCUT2D eigenvalue weighted by molar-refractivity contribution is 0.104. The van der Waals surface area contributed by atoms with Crippen molar-refractivity contribution in [3.05, 3.63) is 100 Å². The highest BCUT2D eigenvalue weighted by molar-refractivity contribution is 6.30. The molecule has 4 heteroatoms. The van der Waals surface area contributed by atoms with E-state index in [1.807, 2.05) is 61.5 Å². The summed E-state index contributed by atoms with van der Waals surface area (Å²) in [6, 6.07) is 20.5. The van der Waals surface area contributed by atoms with E-state index in [4.69, 9.17) is 21.1 Å². The van der Waals surface area contributed by atoms with Crippen molar-refractivity contribution in [1.82, 2.24) is 0 Å². The molecular formula is C24H21ClO3. The molecule has 0 aliphatic heterocycles. The highest BCUT2D eigenvalue weighted by Gasteiger charge is 2.06. The van der Waals surface area contributed by atoms with Crippen molar-refractivity contribution < 1.29 is 14.3 Å². The molecule has 0 saturated heterocycles. The topological polar surface area (TPSA) is 35.5 Å². The number of ether oxygens (including phenoxy) is 2. The van der Waals surface area contributed by atoms with Crippen molar-refractivity contribution in [3.63, 3.8) is 0 Å². The van der Waals surface area contributed by atoms with E-state index in [1.54, 1.807) is 31.4 Å². The number of halogens is 1. The van der Waals surface area contributed by atoms with E-state index < -0.39 is 0 Å². The number of carbonyl (C=O) groups is 1. The molecule has 3 aromatic carbocycles. The molecule has 3 aromatic rings. The van der Waals surface area contributed by atoms with Gasteiger partial charge in [0.2, 0.25) is 0 Å². The summed E-state index contributed by atoms with van der Waals surface area (Å²) in [6.07, 6.45) is 3.38. The van der Waals surface area contributed by atoms with Crippen LogP contribution >= 0.6 is 11.6 Å². The monoisotopic (exact) mass is 392 g/mol. The smallest absolute Gasteiger partial charge is 0.185 e. The first-order valence-electron chi connectivity index (χ1n) is 8.89. The van der Waals surface area contributed by atoms with Crippen LogP contribution in [0.3, 0.4) is 0 Å². The third-order valence-corrected chi connectivity index (χ3v) is 4.46. The van der Waals surface area contributed by atoms with Crippen LogP contribution in [0.25, 0.3) is 6.08 Å². The summed E-state index contributed by atoms with van der Waals surface area (Å²) in [5.41, 5.74) is 3.51. The van der Waals surface area contributed by atoms with Gasteiger partial charge in [-0.1, -0.05) is 53.6 Å². The first-order valence-corrected chi connectivity index (χ1v) is 9.27. The SMILES string of the molecule is COc1ccc(/C=C/C(=O)c2cccc(C)c2)cc1COc1cccc(Cl)c1. The molecule has 0 amide bonds. The lowest BCUT2D eigenvalue weighted by Crippen LogP contribution is -1.99. The number of hydrogen-bond acceptors (Lipinski definition) is 3. The zero-order valence-corrected chi connectivity index (χ0v) is 16.6. The first kappa shape index (κ1) is 19.7. The van der Waals surface area contributed by atoms with Gasteiger partial charge in [-0.3, -0.25) is 4.79 Å². The van der Waals surface area contributed by atoms with Crippen LogP contribution in [0.1, 0.15) is 27.0 Å². The molecule has 3 nitrogen and oxygen atoms in total. The van der Waals surface area contributed by atoms with E-state index in [2.05, 4.69) is 0 Å². The molecule has 0 aromatic heterocycles. The van der Waals surface area contributed by atoms with E-state index in [1.165, 1.54) is 0 Å². The molecule has 0 heterocycles. The average molecular weight is 393 g/mol. The Kier molecular flexibility index (Phi) is 6.51. The first-order chi connectivity index (χ1) is 13.5. The second-order valence-electron chi connectivity index (χ2n) is 6.38. The number of benzene rings is 3. The van der Waals surface area contributed by atoms with E-state index in [9.17, 15) is 4.79 Å². The lowest BCUT2D eigenvalue weighted by Gasteiger charge is -2.11. The Morgan fingerprint density at radius 1 is 1.04 bits per heavy atom. The van der Waals surface area contributed by atoms with Gasteiger partial charge in [0.05, 0.1) is 7.11 Å². The summed E-state index contributed by atoms with van der Waals surface area (Å²) in [4.78, 5) is 12.4. The van der Waals surface area contributed by atoms with Crippen LogP contribution in [0.4, 0.5) is 0 Å². The molecule has 0 atom stereocenters. The zero-order chi connectivity index (χ0) is 19.9. The van der Waals surface area contributed by atoms with Gasteiger partial charge in [-0.25, -0.2) is 0 Å². The Morgan fingerprint density at radius 2 is 1.86 bits per heavy atom. The minimum Gasteiger partial charge on any atom is -0.496 e. The van der Waals surface area contributed by atoms with Crippen LogP contribution in [0.15, 0.2) is 72.8 Å². The van der Waals surface area contributed by atoms with Crippen LogP contribution in [0.2, 0.25) is 5.02 Å². The maximum atomic E-state index is 12.4. The lowest BCUT2D eigenvalue weighted by atomic mass is 10.1. The van der Waals surface area contributed by atoms with E-state index in [0.717, 1.165) is 22.4 Å². The molecule has 0 bridgehead atoms. The van der Waals surface area contributed by atoms with Crippen LogP contribution in [0, 0.1) is 6.92 Å². The van der Waals surface area contributed by atoms with Crippen LogP contribution in [0.5, 0.6) is 11.5 Å². The van der Waals surface area contributed by atoms with E-state index in [0.29, 0.717) is 22.9 Å². The Labute approximate surface area is 170 Å². The number of methoxy groups -OCH3 is 1. The summed E-state index contributed by atoms with van der Waals surface area (Å²) >= 11 is 6.00. The van der Waals surface area contributed by atoms with Gasteiger partial charge in [-0.15, -0.1) is 0 Å². The number of hydrogen-bond donors (Lipinski definition) is 0. The second kappa shape index (κ2) is 9.25. The van der Waals surface area contributed by atoms with Crippen LogP contribution in [-0.2, 0) is 6.61 Å². The molecule has 3 rings (SSSR count). The molecule has 0 saturated carbocycles. The van der Waals surface area contributed by atoms with Gasteiger partial charge >= 0.3 is 0 Å². The van der Waals surface area contributed by atoms with Gasteiger partial charge in [-0.2, -0.15) is 0 Å². The van der Waals surface area contributed by atoms with Crippen molar-refractivity contribution in [2.24, 2.45) is 0 Å². The fraction of sp³-hybridized carbons (Fsp3) is 0.125. The Balaban J connectivity index is 1.75. The number of allylic oxidation sites excluding steroid dienone is 1. The van der Waals surface area contributed by atoms with Gasteiger partial charge < -0.3 is 9.47 Å². The van der Waals surface area contributed by atoms with Crippen molar-refractivity contribution in [2.75, 3.05) is 7.11 Å². The normalized spacial score (nSPS) is 10.8. The molecule has 0 aliphatic rings. The van der Waals surface area contributed by atoms with Gasteiger partial charge in [0.1, 0.15) is 18.1 Å². The summed E-state index contributed by atoms with van der Waals surface area (Å²) in [6.45, 7) is 2.30. The zero-order valence-electron chi connectivity index (χ0n) is 15.8. The van der Waals surface area contributed by atoms with Gasteiger partial charge in [0, 0.05) is 16.1 Å². The number of carbonyl (C=O) groups excluding carboxylic acids is 1. The molecule has 0 aliphatic carbocycles. The van der Waals surface area contributed by atoms with E-state index >= 15 is 0 Å². The quantitative estimate of drug-likeness (QED) is 0.358. The molecule has 142 valence electrons. The number of aryl methyl sites for hydroxylation is 1. The van der Waals surface area contributed by atoms with Gasteiger partial charge in [0.15, 0.2) is 5.78 Å². The minimum absolute atomic E-state index is 0.0313.